The maximum absolute atomic E-state index is 11.9. The summed E-state index contributed by atoms with van der Waals surface area (Å²) in [5, 5.41) is 4.49. The van der Waals surface area contributed by atoms with Crippen LogP contribution in [0.15, 0.2) is 5.10 Å². The molecule has 6 nitrogen and oxygen atoms in total. The van der Waals surface area contributed by atoms with E-state index in [1.165, 1.54) is 11.8 Å². The number of nitrogens with two attached hydrogens (primary N) is 1. The molecule has 0 bridgehead atoms. The molecule has 0 aromatic heterocycles. The zero-order valence-corrected chi connectivity index (χ0v) is 9.62. The van der Waals surface area contributed by atoms with Crippen LogP contribution in [0.4, 0.5) is 4.79 Å². The summed E-state index contributed by atoms with van der Waals surface area (Å²) in [7, 11) is 0. The standard InChI is InChI=1S/C8H15N5OS/c1-3-12-5-6(13(4-2)8(12)14)15-7(9)11-10-5/h5-6,10H,3-4H2,1-2H3,(H2,9,11)/t5-,6+/m0/s1. The minimum atomic E-state index is -0.0558. The SMILES string of the molecule is CCN1C(=O)N(CC)[C@@H]2SC(N)=NN[C@H]21. The zero-order chi connectivity index (χ0) is 11.0. The molecular weight excluding hydrogens is 214 g/mol. The van der Waals surface area contributed by atoms with E-state index >= 15 is 0 Å². The van der Waals surface area contributed by atoms with Gasteiger partial charge in [-0.2, -0.15) is 5.10 Å². The highest BCUT2D eigenvalue weighted by molar-refractivity contribution is 8.14. The van der Waals surface area contributed by atoms with E-state index in [1.807, 2.05) is 18.7 Å². The van der Waals surface area contributed by atoms with Crippen molar-refractivity contribution >= 4 is 23.0 Å². The highest BCUT2D eigenvalue weighted by Crippen LogP contribution is 2.31. The third-order valence-electron chi connectivity index (χ3n) is 2.63. The van der Waals surface area contributed by atoms with Crippen LogP contribution in [0, 0.1) is 0 Å². The molecule has 0 unspecified atom stereocenters. The number of hydrogen-bond donors (Lipinski definition) is 2. The topological polar surface area (TPSA) is 74.0 Å². The maximum atomic E-state index is 11.9. The number of nitrogens with one attached hydrogen (secondary N) is 1. The third-order valence-corrected chi connectivity index (χ3v) is 3.72. The second kappa shape index (κ2) is 3.80. The molecule has 2 amide bonds. The molecule has 0 aromatic carbocycles. The number of amides is 2. The van der Waals surface area contributed by atoms with Gasteiger partial charge in [0.2, 0.25) is 0 Å². The molecule has 2 rings (SSSR count). The Morgan fingerprint density at radius 3 is 2.73 bits per heavy atom. The number of likely N-dealkylation sites (N-methyl/N-ethyl adjacent to an activating group) is 2. The van der Waals surface area contributed by atoms with Gasteiger partial charge >= 0.3 is 6.03 Å². The van der Waals surface area contributed by atoms with Crippen molar-refractivity contribution in [3.05, 3.63) is 0 Å². The third kappa shape index (κ3) is 1.50. The minimum absolute atomic E-state index is 0.0416. The van der Waals surface area contributed by atoms with Crippen LogP contribution in [0.25, 0.3) is 0 Å². The number of urea groups is 1. The molecule has 0 aliphatic carbocycles. The van der Waals surface area contributed by atoms with Gasteiger partial charge in [-0.1, -0.05) is 11.8 Å². The van der Waals surface area contributed by atoms with Crippen molar-refractivity contribution < 1.29 is 4.79 Å². The molecule has 2 aliphatic rings. The molecule has 3 N–H and O–H groups in total. The highest BCUT2D eigenvalue weighted by Gasteiger charge is 2.46. The molecule has 1 fully saturated rings. The average Bonchev–Trinajstić information content (AvgIpc) is 2.48. The normalized spacial score (nSPS) is 30.0. The van der Waals surface area contributed by atoms with Crippen LogP contribution >= 0.6 is 11.8 Å². The molecule has 15 heavy (non-hydrogen) atoms. The van der Waals surface area contributed by atoms with Gasteiger partial charge in [0.05, 0.1) is 0 Å². The minimum Gasteiger partial charge on any atom is -0.377 e. The molecule has 0 saturated carbocycles. The van der Waals surface area contributed by atoms with E-state index in [0.717, 1.165) is 0 Å². The van der Waals surface area contributed by atoms with Crippen LogP contribution in [0.2, 0.25) is 0 Å². The van der Waals surface area contributed by atoms with Crippen molar-refractivity contribution in [2.24, 2.45) is 10.8 Å². The fraction of sp³-hybridized carbons (Fsp3) is 0.750. The van der Waals surface area contributed by atoms with E-state index in [2.05, 4.69) is 10.5 Å². The summed E-state index contributed by atoms with van der Waals surface area (Å²) in [5.74, 6) is 0. The molecule has 1 saturated heterocycles. The number of carbonyl (C=O) groups is 1. The predicted molar refractivity (Wildman–Crippen MR) is 60.1 cm³/mol. The summed E-state index contributed by atoms with van der Waals surface area (Å²) in [6.07, 6.45) is -0.0558. The molecule has 2 aliphatic heterocycles. The van der Waals surface area contributed by atoms with Gasteiger partial charge < -0.3 is 15.5 Å². The van der Waals surface area contributed by atoms with Gasteiger partial charge in [-0.15, -0.1) is 0 Å². The van der Waals surface area contributed by atoms with Crippen molar-refractivity contribution in [1.82, 2.24) is 15.2 Å². The number of nitrogens with zero attached hydrogens (tertiary/aromatic N) is 3. The highest BCUT2D eigenvalue weighted by atomic mass is 32.2. The number of amidine groups is 1. The van der Waals surface area contributed by atoms with Gasteiger partial charge in [-0.3, -0.25) is 5.43 Å². The van der Waals surface area contributed by atoms with E-state index in [0.29, 0.717) is 18.3 Å². The number of carbonyl (C=O) groups excluding carboxylic acids is 1. The van der Waals surface area contributed by atoms with Gasteiger partial charge in [0, 0.05) is 13.1 Å². The lowest BCUT2D eigenvalue weighted by molar-refractivity contribution is 0.186. The van der Waals surface area contributed by atoms with Gasteiger partial charge in [0.1, 0.15) is 11.5 Å². The molecule has 0 aromatic rings. The molecule has 84 valence electrons. The number of hydrogen-bond acceptors (Lipinski definition) is 5. The first-order chi connectivity index (χ1) is 7.19. The fourth-order valence-electron chi connectivity index (χ4n) is 1.91. The fourth-order valence-corrected chi connectivity index (χ4v) is 2.96. The monoisotopic (exact) mass is 229 g/mol. The number of thioether (sulfide) groups is 1. The number of fused-ring (bicyclic) bond motifs is 1. The second-order valence-corrected chi connectivity index (χ2v) is 4.52. The Balaban J connectivity index is 2.25. The Bertz CT molecular complexity index is 307. The molecule has 2 heterocycles. The zero-order valence-electron chi connectivity index (χ0n) is 8.80. The lowest BCUT2D eigenvalue weighted by Crippen LogP contribution is -2.48. The van der Waals surface area contributed by atoms with E-state index in [9.17, 15) is 4.79 Å². The lowest BCUT2D eigenvalue weighted by atomic mass is 10.4. The van der Waals surface area contributed by atoms with Gasteiger partial charge in [-0.05, 0) is 13.8 Å². The molecule has 0 spiro atoms. The Morgan fingerprint density at radius 2 is 2.13 bits per heavy atom. The molecule has 0 radical (unpaired) electrons. The van der Waals surface area contributed by atoms with E-state index in [1.54, 1.807) is 4.90 Å². The van der Waals surface area contributed by atoms with Crippen molar-refractivity contribution in [3.63, 3.8) is 0 Å². The molecule has 2 atom stereocenters. The van der Waals surface area contributed by atoms with E-state index < -0.39 is 0 Å². The first-order valence-electron chi connectivity index (χ1n) is 5.01. The smallest absolute Gasteiger partial charge is 0.322 e. The number of hydrazone groups is 1. The van der Waals surface area contributed by atoms with Crippen molar-refractivity contribution in [1.29, 1.82) is 0 Å². The van der Waals surface area contributed by atoms with Crippen LogP contribution in [0.1, 0.15) is 13.8 Å². The quantitative estimate of drug-likeness (QED) is 0.698. The summed E-state index contributed by atoms with van der Waals surface area (Å²) in [5.41, 5.74) is 8.57. The summed E-state index contributed by atoms with van der Waals surface area (Å²) < 4.78 is 0. The second-order valence-electron chi connectivity index (χ2n) is 3.39. The van der Waals surface area contributed by atoms with Crippen molar-refractivity contribution in [2.45, 2.75) is 25.4 Å². The van der Waals surface area contributed by atoms with Crippen LogP contribution in [-0.4, -0.2) is 45.6 Å². The van der Waals surface area contributed by atoms with Gasteiger partial charge in [-0.25, -0.2) is 4.79 Å². The first-order valence-corrected chi connectivity index (χ1v) is 5.89. The van der Waals surface area contributed by atoms with Crippen LogP contribution in [-0.2, 0) is 0 Å². The Morgan fingerprint density at radius 1 is 1.47 bits per heavy atom. The van der Waals surface area contributed by atoms with Crippen LogP contribution < -0.4 is 11.2 Å². The van der Waals surface area contributed by atoms with Gasteiger partial charge in [0.15, 0.2) is 5.17 Å². The van der Waals surface area contributed by atoms with Crippen molar-refractivity contribution in [3.8, 4) is 0 Å². The first kappa shape index (κ1) is 10.4. The summed E-state index contributed by atoms with van der Waals surface area (Å²) in [4.78, 5) is 15.5. The predicted octanol–water partition coefficient (Wildman–Crippen LogP) is -0.0179. The summed E-state index contributed by atoms with van der Waals surface area (Å²) >= 11 is 1.44. The van der Waals surface area contributed by atoms with E-state index in [-0.39, 0.29) is 17.6 Å². The molecule has 7 heteroatoms. The average molecular weight is 229 g/mol. The summed E-state index contributed by atoms with van der Waals surface area (Å²) in [6, 6.07) is 0.0555. The largest absolute Gasteiger partial charge is 0.377 e. The molecular formula is C8H15N5OS. The van der Waals surface area contributed by atoms with Crippen LogP contribution in [0.3, 0.4) is 0 Å². The van der Waals surface area contributed by atoms with Crippen LogP contribution in [0.5, 0.6) is 0 Å². The van der Waals surface area contributed by atoms with E-state index in [4.69, 9.17) is 5.73 Å². The maximum Gasteiger partial charge on any atom is 0.322 e. The number of rotatable bonds is 2. The lowest BCUT2D eigenvalue weighted by Gasteiger charge is -2.29. The van der Waals surface area contributed by atoms with Gasteiger partial charge in [0.25, 0.3) is 0 Å². The Hall–Kier alpha value is -1.11. The Kier molecular flexibility index (Phi) is 2.64. The Labute approximate surface area is 92.8 Å². The summed E-state index contributed by atoms with van der Waals surface area (Å²) in [6.45, 7) is 5.30. The van der Waals surface area contributed by atoms with Crippen molar-refractivity contribution in [2.75, 3.05) is 13.1 Å².